The summed E-state index contributed by atoms with van der Waals surface area (Å²) < 4.78 is 26.1. The van der Waals surface area contributed by atoms with Gasteiger partial charge in [0.25, 0.3) is 0 Å². The molecule has 94 valence electrons. The van der Waals surface area contributed by atoms with E-state index in [4.69, 9.17) is 0 Å². The number of hydrogen-bond donors (Lipinski definition) is 1. The molecule has 0 radical (unpaired) electrons. The molecule has 0 unspecified atom stereocenters. The fourth-order valence-electron chi connectivity index (χ4n) is 1.41. The quantitative estimate of drug-likeness (QED) is 0.668. The van der Waals surface area contributed by atoms with E-state index in [1.54, 1.807) is 6.08 Å². The summed E-state index contributed by atoms with van der Waals surface area (Å²) in [6, 6.07) is -0.111. The van der Waals surface area contributed by atoms with Crippen molar-refractivity contribution in [2.45, 2.75) is 46.1 Å². The third kappa shape index (κ3) is 6.08. The predicted molar refractivity (Wildman–Crippen MR) is 69.9 cm³/mol. The SMILES string of the molecule is C=C/C=C(\C)[C@H](CC)NS(=O)(=O)CCCC. The first kappa shape index (κ1) is 15.4. The first-order valence-corrected chi connectivity index (χ1v) is 7.41. The predicted octanol–water partition coefficient (Wildman–Crippen LogP) is 2.62. The molecule has 0 bridgehead atoms. The van der Waals surface area contributed by atoms with Crippen LogP contribution in [0.4, 0.5) is 0 Å². The van der Waals surface area contributed by atoms with Gasteiger partial charge in [0.05, 0.1) is 5.75 Å². The number of sulfonamides is 1. The first-order chi connectivity index (χ1) is 7.46. The zero-order chi connectivity index (χ0) is 12.6. The van der Waals surface area contributed by atoms with Gasteiger partial charge in [0.2, 0.25) is 10.0 Å². The van der Waals surface area contributed by atoms with Crippen molar-refractivity contribution in [1.82, 2.24) is 4.72 Å². The van der Waals surface area contributed by atoms with Crippen molar-refractivity contribution in [3.63, 3.8) is 0 Å². The van der Waals surface area contributed by atoms with Crippen LogP contribution in [-0.4, -0.2) is 20.2 Å². The molecule has 3 nitrogen and oxygen atoms in total. The molecule has 0 aliphatic rings. The van der Waals surface area contributed by atoms with Crippen LogP contribution in [0.1, 0.15) is 40.0 Å². The minimum atomic E-state index is -3.14. The highest BCUT2D eigenvalue weighted by molar-refractivity contribution is 7.89. The molecule has 0 aliphatic heterocycles. The first-order valence-electron chi connectivity index (χ1n) is 5.76. The van der Waals surface area contributed by atoms with Gasteiger partial charge >= 0.3 is 0 Å². The lowest BCUT2D eigenvalue weighted by Gasteiger charge is -2.17. The van der Waals surface area contributed by atoms with E-state index in [2.05, 4.69) is 11.3 Å². The molecule has 0 spiro atoms. The van der Waals surface area contributed by atoms with Gasteiger partial charge in [-0.05, 0) is 19.8 Å². The van der Waals surface area contributed by atoms with Gasteiger partial charge in [0.1, 0.15) is 0 Å². The summed E-state index contributed by atoms with van der Waals surface area (Å²) >= 11 is 0. The van der Waals surface area contributed by atoms with Crippen molar-refractivity contribution >= 4 is 10.0 Å². The number of unbranched alkanes of at least 4 members (excludes halogenated alkanes) is 1. The summed E-state index contributed by atoms with van der Waals surface area (Å²) in [4.78, 5) is 0. The zero-order valence-electron chi connectivity index (χ0n) is 10.5. The van der Waals surface area contributed by atoms with Crippen LogP contribution in [0.3, 0.4) is 0 Å². The molecule has 0 rings (SSSR count). The van der Waals surface area contributed by atoms with Gasteiger partial charge in [-0.2, -0.15) is 0 Å². The highest BCUT2D eigenvalue weighted by Crippen LogP contribution is 2.08. The van der Waals surface area contributed by atoms with Crippen LogP contribution in [0, 0.1) is 0 Å². The van der Waals surface area contributed by atoms with Crippen LogP contribution in [0.25, 0.3) is 0 Å². The van der Waals surface area contributed by atoms with Crippen LogP contribution in [-0.2, 0) is 10.0 Å². The van der Waals surface area contributed by atoms with Gasteiger partial charge in [-0.1, -0.05) is 44.6 Å². The highest BCUT2D eigenvalue weighted by atomic mass is 32.2. The van der Waals surface area contributed by atoms with E-state index in [9.17, 15) is 8.42 Å². The van der Waals surface area contributed by atoms with Crippen LogP contribution >= 0.6 is 0 Å². The third-order valence-electron chi connectivity index (χ3n) is 2.43. The second kappa shape index (κ2) is 7.63. The van der Waals surface area contributed by atoms with Crippen LogP contribution in [0.2, 0.25) is 0 Å². The Hall–Kier alpha value is -0.610. The molecule has 0 amide bonds. The van der Waals surface area contributed by atoms with E-state index in [-0.39, 0.29) is 11.8 Å². The van der Waals surface area contributed by atoms with Crippen LogP contribution in [0.15, 0.2) is 24.3 Å². The molecule has 4 heteroatoms. The average molecular weight is 245 g/mol. The van der Waals surface area contributed by atoms with E-state index in [1.807, 2.05) is 26.8 Å². The van der Waals surface area contributed by atoms with E-state index < -0.39 is 10.0 Å². The molecular formula is C12H23NO2S. The molecule has 0 saturated carbocycles. The Labute approximate surface area is 99.7 Å². The van der Waals surface area contributed by atoms with Crippen molar-refractivity contribution in [1.29, 1.82) is 0 Å². The van der Waals surface area contributed by atoms with Gasteiger partial charge in [0.15, 0.2) is 0 Å². The lowest BCUT2D eigenvalue weighted by atomic mass is 10.1. The summed E-state index contributed by atoms with van der Waals surface area (Å²) in [6.07, 6.45) is 5.87. The van der Waals surface area contributed by atoms with Crippen LogP contribution < -0.4 is 4.72 Å². The zero-order valence-corrected chi connectivity index (χ0v) is 11.3. The standard InChI is InChI=1S/C12H23NO2S/c1-5-8-10-16(14,15)13-12(7-3)11(4)9-6-2/h6,9,12-13H,2,5,7-8,10H2,1,3-4H3/b11-9+/t12-/m0/s1. The molecule has 0 aliphatic carbocycles. The van der Waals surface area contributed by atoms with Gasteiger partial charge in [0, 0.05) is 6.04 Å². The second-order valence-corrected chi connectivity index (χ2v) is 5.77. The topological polar surface area (TPSA) is 46.2 Å². The van der Waals surface area contributed by atoms with Crippen molar-refractivity contribution in [3.8, 4) is 0 Å². The van der Waals surface area contributed by atoms with Gasteiger partial charge in [-0.15, -0.1) is 0 Å². The van der Waals surface area contributed by atoms with Gasteiger partial charge in [-0.3, -0.25) is 0 Å². The van der Waals surface area contributed by atoms with Gasteiger partial charge < -0.3 is 0 Å². The maximum Gasteiger partial charge on any atom is 0.212 e. The smallest absolute Gasteiger partial charge is 0.212 e. The fraction of sp³-hybridized carbons (Fsp3) is 0.667. The molecule has 1 atom stereocenters. The van der Waals surface area contributed by atoms with Crippen molar-refractivity contribution in [2.24, 2.45) is 0 Å². The van der Waals surface area contributed by atoms with Crippen LogP contribution in [0.5, 0.6) is 0 Å². The maximum atomic E-state index is 11.7. The Morgan fingerprint density at radius 3 is 2.50 bits per heavy atom. The monoisotopic (exact) mass is 245 g/mol. The number of allylic oxidation sites excluding steroid dienone is 2. The summed E-state index contributed by atoms with van der Waals surface area (Å²) in [5.74, 6) is 0.210. The lowest BCUT2D eigenvalue weighted by Crippen LogP contribution is -2.36. The maximum absolute atomic E-state index is 11.7. The average Bonchev–Trinajstić information content (AvgIpc) is 2.23. The van der Waals surface area contributed by atoms with E-state index >= 15 is 0 Å². The minimum Gasteiger partial charge on any atom is -0.212 e. The van der Waals surface area contributed by atoms with E-state index in [0.29, 0.717) is 6.42 Å². The largest absolute Gasteiger partial charge is 0.212 e. The molecule has 0 saturated heterocycles. The Morgan fingerprint density at radius 2 is 2.06 bits per heavy atom. The highest BCUT2D eigenvalue weighted by Gasteiger charge is 2.16. The summed E-state index contributed by atoms with van der Waals surface area (Å²) in [7, 11) is -3.14. The Balaban J connectivity index is 4.54. The number of hydrogen-bond acceptors (Lipinski definition) is 2. The fourth-order valence-corrected chi connectivity index (χ4v) is 2.98. The number of nitrogens with one attached hydrogen (secondary N) is 1. The molecule has 16 heavy (non-hydrogen) atoms. The van der Waals surface area contributed by atoms with Crippen molar-refractivity contribution < 1.29 is 8.42 Å². The summed E-state index contributed by atoms with van der Waals surface area (Å²) in [6.45, 7) is 9.47. The van der Waals surface area contributed by atoms with Gasteiger partial charge in [-0.25, -0.2) is 13.1 Å². The summed E-state index contributed by atoms with van der Waals surface area (Å²) in [5.41, 5.74) is 0.998. The van der Waals surface area contributed by atoms with Crippen molar-refractivity contribution in [2.75, 3.05) is 5.75 Å². The second-order valence-electron chi connectivity index (χ2n) is 3.90. The minimum absolute atomic E-state index is 0.111. The van der Waals surface area contributed by atoms with E-state index in [1.165, 1.54) is 0 Å². The molecule has 0 heterocycles. The molecule has 0 fully saturated rings. The van der Waals surface area contributed by atoms with E-state index in [0.717, 1.165) is 18.4 Å². The Bertz CT molecular complexity index is 331. The molecule has 0 aromatic heterocycles. The number of rotatable bonds is 8. The molecule has 0 aromatic rings. The molecule has 0 aromatic carbocycles. The molecular weight excluding hydrogens is 222 g/mol. The Morgan fingerprint density at radius 1 is 1.44 bits per heavy atom. The van der Waals surface area contributed by atoms with Crippen molar-refractivity contribution in [3.05, 3.63) is 24.3 Å². The third-order valence-corrected chi connectivity index (χ3v) is 3.90. The lowest BCUT2D eigenvalue weighted by molar-refractivity contribution is 0.559. The Kier molecular flexibility index (Phi) is 7.34. The normalized spacial score (nSPS) is 14.8. The summed E-state index contributed by atoms with van der Waals surface area (Å²) in [5, 5.41) is 0. The molecule has 1 N–H and O–H groups in total.